The second kappa shape index (κ2) is 12.5. The summed E-state index contributed by atoms with van der Waals surface area (Å²) in [6.45, 7) is 0.937. The minimum absolute atomic E-state index is 0.0287. The molecular weight excluding hydrogens is 496 g/mol. The molecule has 0 atom stereocenters. The number of imide groups is 1. The molecule has 5 heteroatoms. The van der Waals surface area contributed by atoms with Gasteiger partial charge in [0.25, 0.3) is 17.7 Å². The molecule has 4 aromatic carbocycles. The first-order valence-corrected chi connectivity index (χ1v) is 13.0. The number of hydrogen-bond acceptors (Lipinski definition) is 3. The molecule has 196 valence electrons. The van der Waals surface area contributed by atoms with Gasteiger partial charge in [-0.05, 0) is 40.0 Å². The third-order valence-corrected chi connectivity index (χ3v) is 6.57. The summed E-state index contributed by atoms with van der Waals surface area (Å²) in [4.78, 5) is 37.7. The molecule has 0 unspecified atom stereocenters. The number of allylic oxidation sites excluding steroid dienone is 1. The molecular formula is C35H28N2O3. The molecule has 40 heavy (non-hydrogen) atoms. The van der Waals surface area contributed by atoms with Crippen molar-refractivity contribution in [2.75, 3.05) is 0 Å². The first-order chi connectivity index (χ1) is 19.6. The van der Waals surface area contributed by atoms with E-state index < -0.39 is 0 Å². The van der Waals surface area contributed by atoms with Gasteiger partial charge in [-0.25, -0.2) is 0 Å². The Morgan fingerprint density at radius 3 is 1.43 bits per heavy atom. The lowest BCUT2D eigenvalue weighted by Gasteiger charge is -2.18. The largest absolute Gasteiger partial charge is 0.304 e. The van der Waals surface area contributed by atoms with E-state index in [1.165, 1.54) is 28.2 Å². The fourth-order valence-corrected chi connectivity index (χ4v) is 4.45. The van der Waals surface area contributed by atoms with Crippen molar-refractivity contribution in [3.05, 3.63) is 162 Å². The lowest BCUT2D eigenvalue weighted by molar-refractivity contribution is -0.137. The van der Waals surface area contributed by atoms with E-state index in [4.69, 9.17) is 0 Å². The summed E-state index contributed by atoms with van der Waals surface area (Å²) in [5.74, 6) is -0.446. The summed E-state index contributed by atoms with van der Waals surface area (Å²) in [6.07, 6.45) is 8.17. The average molecular weight is 525 g/mol. The van der Waals surface area contributed by atoms with Gasteiger partial charge in [0.2, 0.25) is 0 Å². The molecule has 6 rings (SSSR count). The van der Waals surface area contributed by atoms with Crippen LogP contribution in [-0.2, 0) is 27.5 Å². The van der Waals surface area contributed by atoms with Crippen molar-refractivity contribution in [3.8, 4) is 11.1 Å². The van der Waals surface area contributed by atoms with Crippen molar-refractivity contribution >= 4 is 23.8 Å². The van der Waals surface area contributed by atoms with Crippen LogP contribution in [0.2, 0.25) is 0 Å². The van der Waals surface area contributed by atoms with E-state index in [1.54, 1.807) is 11.0 Å². The van der Waals surface area contributed by atoms with Crippen LogP contribution in [0.5, 0.6) is 0 Å². The predicted molar refractivity (Wildman–Crippen MR) is 157 cm³/mol. The van der Waals surface area contributed by atoms with Gasteiger partial charge in [0.05, 0.1) is 13.1 Å². The molecule has 0 bridgehead atoms. The van der Waals surface area contributed by atoms with Crippen LogP contribution in [0.15, 0.2) is 145 Å². The summed E-state index contributed by atoms with van der Waals surface area (Å²) in [5, 5.41) is 0. The van der Waals surface area contributed by atoms with Crippen molar-refractivity contribution in [3.63, 3.8) is 0 Å². The Morgan fingerprint density at radius 2 is 0.875 bits per heavy atom. The van der Waals surface area contributed by atoms with Gasteiger partial charge in [-0.2, -0.15) is 0 Å². The fraction of sp³-hybridized carbons (Fsp3) is 0.0571. The van der Waals surface area contributed by atoms with Gasteiger partial charge in [0, 0.05) is 23.9 Å². The Hall–Kier alpha value is -5.29. The van der Waals surface area contributed by atoms with Gasteiger partial charge in [-0.3, -0.25) is 19.3 Å². The number of hydrogen-bond donors (Lipinski definition) is 0. The Morgan fingerprint density at radius 1 is 0.450 bits per heavy atom. The van der Waals surface area contributed by atoms with Crippen molar-refractivity contribution in [2.45, 2.75) is 13.1 Å². The number of amides is 3. The molecule has 0 N–H and O–H groups in total. The minimum atomic E-state index is -0.237. The number of benzene rings is 4. The first kappa shape index (κ1) is 26.3. The second-order valence-corrected chi connectivity index (χ2v) is 9.38. The van der Waals surface area contributed by atoms with Gasteiger partial charge in [-0.1, -0.05) is 115 Å². The van der Waals surface area contributed by atoms with Gasteiger partial charge >= 0.3 is 0 Å². The molecule has 0 saturated heterocycles. The quantitative estimate of drug-likeness (QED) is 0.274. The number of carbonyl (C=O) groups excluding carboxylic acids is 3. The number of rotatable bonds is 6. The van der Waals surface area contributed by atoms with E-state index in [0.29, 0.717) is 13.1 Å². The Bertz CT molecular complexity index is 1550. The smallest absolute Gasteiger partial charge is 0.253 e. The highest BCUT2D eigenvalue weighted by molar-refractivity contribution is 6.12. The molecule has 0 spiro atoms. The van der Waals surface area contributed by atoms with E-state index in [1.807, 2.05) is 84.9 Å². The monoisotopic (exact) mass is 524 g/mol. The highest BCUT2D eigenvalue weighted by atomic mass is 16.2. The standard InChI is InChI=1S/C24H19NO.C11H9NO2/c26-24-16-15-23(25(24)18-20-7-3-1-4-8-20)17-19-11-13-22(14-12-19)21-9-5-2-6-10-21;13-10-6-7-11(14)12(10)8-9-4-2-1-3-5-9/h1-17H,18H2;1-7H,8H2. The topological polar surface area (TPSA) is 57.7 Å². The summed E-state index contributed by atoms with van der Waals surface area (Å²) < 4.78 is 0. The Kier molecular flexibility index (Phi) is 8.23. The molecule has 2 aliphatic heterocycles. The maximum Gasteiger partial charge on any atom is 0.253 e. The second-order valence-electron chi connectivity index (χ2n) is 9.38. The van der Waals surface area contributed by atoms with Crippen LogP contribution in [0.3, 0.4) is 0 Å². The molecule has 5 nitrogen and oxygen atoms in total. The molecule has 0 fully saturated rings. The van der Waals surface area contributed by atoms with Gasteiger partial charge < -0.3 is 4.90 Å². The van der Waals surface area contributed by atoms with Crippen molar-refractivity contribution in [2.24, 2.45) is 0 Å². The Labute approximate surface area is 234 Å². The zero-order valence-electron chi connectivity index (χ0n) is 21.9. The summed E-state index contributed by atoms with van der Waals surface area (Å²) in [6, 6.07) is 38.2. The fourth-order valence-electron chi connectivity index (χ4n) is 4.45. The normalized spacial score (nSPS) is 15.1. The van der Waals surface area contributed by atoms with Crippen LogP contribution in [-0.4, -0.2) is 27.5 Å². The third kappa shape index (κ3) is 6.58. The molecule has 0 aromatic heterocycles. The summed E-state index contributed by atoms with van der Waals surface area (Å²) in [5.41, 5.74) is 6.47. The SMILES string of the molecule is O=C1C=CC(=Cc2ccc(-c3ccccc3)cc2)N1Cc1ccccc1.O=C1C=CC(=O)N1Cc1ccccc1. The van der Waals surface area contributed by atoms with Crippen LogP contribution in [0.4, 0.5) is 0 Å². The third-order valence-electron chi connectivity index (χ3n) is 6.57. The Balaban J connectivity index is 0.000000194. The number of carbonyl (C=O) groups is 3. The highest BCUT2D eigenvalue weighted by Gasteiger charge is 2.23. The molecule has 0 saturated carbocycles. The van der Waals surface area contributed by atoms with Crippen LogP contribution in [0.25, 0.3) is 17.2 Å². The van der Waals surface area contributed by atoms with Crippen LogP contribution in [0.1, 0.15) is 16.7 Å². The maximum absolute atomic E-state index is 12.2. The zero-order valence-corrected chi connectivity index (χ0v) is 21.9. The molecule has 0 radical (unpaired) electrons. The van der Waals surface area contributed by atoms with Crippen molar-refractivity contribution in [1.29, 1.82) is 0 Å². The van der Waals surface area contributed by atoms with E-state index >= 15 is 0 Å². The molecule has 2 heterocycles. The lowest BCUT2D eigenvalue weighted by Crippen LogP contribution is -2.29. The molecule has 0 aliphatic carbocycles. The van der Waals surface area contributed by atoms with Gasteiger partial charge in [0.15, 0.2) is 0 Å². The van der Waals surface area contributed by atoms with Gasteiger partial charge in [0.1, 0.15) is 0 Å². The zero-order chi connectivity index (χ0) is 27.7. The average Bonchev–Trinajstić information content (AvgIpc) is 3.51. The first-order valence-electron chi connectivity index (χ1n) is 13.0. The summed E-state index contributed by atoms with van der Waals surface area (Å²) >= 11 is 0. The van der Waals surface area contributed by atoms with Crippen molar-refractivity contribution in [1.82, 2.24) is 9.80 Å². The minimum Gasteiger partial charge on any atom is -0.304 e. The van der Waals surface area contributed by atoms with E-state index in [9.17, 15) is 14.4 Å². The highest BCUT2D eigenvalue weighted by Crippen LogP contribution is 2.24. The van der Waals surface area contributed by atoms with E-state index in [2.05, 4.69) is 42.5 Å². The van der Waals surface area contributed by atoms with Crippen molar-refractivity contribution < 1.29 is 14.4 Å². The van der Waals surface area contributed by atoms with Gasteiger partial charge in [-0.15, -0.1) is 0 Å². The number of nitrogens with zero attached hydrogens (tertiary/aromatic N) is 2. The molecule has 2 aliphatic rings. The van der Waals surface area contributed by atoms with E-state index in [0.717, 1.165) is 22.4 Å². The summed E-state index contributed by atoms with van der Waals surface area (Å²) in [7, 11) is 0. The van der Waals surface area contributed by atoms with Crippen LogP contribution in [0, 0.1) is 0 Å². The predicted octanol–water partition coefficient (Wildman–Crippen LogP) is 6.40. The van der Waals surface area contributed by atoms with Crippen LogP contribution >= 0.6 is 0 Å². The van der Waals surface area contributed by atoms with Crippen LogP contribution < -0.4 is 0 Å². The maximum atomic E-state index is 12.2. The van der Waals surface area contributed by atoms with E-state index in [-0.39, 0.29) is 17.7 Å². The lowest BCUT2D eigenvalue weighted by atomic mass is 10.0. The molecule has 4 aromatic rings. The molecule has 3 amide bonds.